The molecule has 0 radical (unpaired) electrons. The van der Waals surface area contributed by atoms with Crippen molar-refractivity contribution in [1.82, 2.24) is 0 Å². The van der Waals surface area contributed by atoms with Crippen molar-refractivity contribution >= 4 is 0 Å². The number of benzene rings is 1. The Morgan fingerprint density at radius 3 is 2.33 bits per heavy atom. The monoisotopic (exact) mass is 298 g/mol. The lowest BCUT2D eigenvalue weighted by Gasteiger charge is -2.40. The highest BCUT2D eigenvalue weighted by atomic mass is 16.7. The number of methoxy groups -OCH3 is 2. The molecule has 1 aromatic rings. The van der Waals surface area contributed by atoms with Gasteiger partial charge in [0.1, 0.15) is 24.1 Å². The predicted octanol–water partition coefficient (Wildman–Crippen LogP) is 0.693. The first-order chi connectivity index (χ1) is 10.1. The van der Waals surface area contributed by atoms with Crippen LogP contribution in [0.25, 0.3) is 0 Å². The van der Waals surface area contributed by atoms with Gasteiger partial charge in [-0.25, -0.2) is 0 Å². The van der Waals surface area contributed by atoms with E-state index in [-0.39, 0.29) is 6.61 Å². The summed E-state index contributed by atoms with van der Waals surface area (Å²) in [5, 5.41) is 20.2. The minimum Gasteiger partial charge on any atom is -0.497 e. The molecule has 5 atom stereocenters. The molecule has 21 heavy (non-hydrogen) atoms. The zero-order valence-corrected chi connectivity index (χ0v) is 12.4. The van der Waals surface area contributed by atoms with E-state index in [1.54, 1.807) is 14.0 Å². The second-order valence-electron chi connectivity index (χ2n) is 5.05. The van der Waals surface area contributed by atoms with Gasteiger partial charge in [-0.2, -0.15) is 0 Å². The summed E-state index contributed by atoms with van der Waals surface area (Å²) in [5.41, 5.74) is 0.920. The topological polar surface area (TPSA) is 77.4 Å². The summed E-state index contributed by atoms with van der Waals surface area (Å²) in [4.78, 5) is 0. The lowest BCUT2D eigenvalue weighted by molar-refractivity contribution is -0.295. The Balaban J connectivity index is 1.98. The highest BCUT2D eigenvalue weighted by molar-refractivity contribution is 5.26. The number of rotatable bonds is 5. The maximum absolute atomic E-state index is 10.1. The van der Waals surface area contributed by atoms with Crippen molar-refractivity contribution in [3.63, 3.8) is 0 Å². The Morgan fingerprint density at radius 2 is 1.76 bits per heavy atom. The molecular weight excluding hydrogens is 276 g/mol. The van der Waals surface area contributed by atoms with E-state index in [4.69, 9.17) is 18.9 Å². The van der Waals surface area contributed by atoms with Crippen molar-refractivity contribution < 1.29 is 29.2 Å². The fourth-order valence-electron chi connectivity index (χ4n) is 2.30. The molecule has 6 nitrogen and oxygen atoms in total. The molecule has 2 rings (SSSR count). The van der Waals surface area contributed by atoms with Crippen LogP contribution in [0.3, 0.4) is 0 Å². The van der Waals surface area contributed by atoms with Crippen LogP contribution in [0.2, 0.25) is 0 Å². The standard InChI is InChI=1S/C15H22O6/c1-9-12(16)14(13(17)15(19-3)21-9)20-8-10-4-6-11(18-2)7-5-10/h4-7,9,12-17H,8H2,1-3H3/t9-,12-,13+,14+,15-/m0/s1. The zero-order valence-electron chi connectivity index (χ0n) is 12.4. The highest BCUT2D eigenvalue weighted by Gasteiger charge is 2.43. The van der Waals surface area contributed by atoms with Crippen LogP contribution in [0, 0.1) is 0 Å². The molecule has 0 spiro atoms. The minimum absolute atomic E-state index is 0.270. The summed E-state index contributed by atoms with van der Waals surface area (Å²) in [6, 6.07) is 7.40. The van der Waals surface area contributed by atoms with E-state index in [0.717, 1.165) is 11.3 Å². The van der Waals surface area contributed by atoms with Crippen LogP contribution in [0.15, 0.2) is 24.3 Å². The van der Waals surface area contributed by atoms with Gasteiger partial charge in [-0.05, 0) is 24.6 Å². The molecule has 1 saturated heterocycles. The van der Waals surface area contributed by atoms with Crippen molar-refractivity contribution in [3.8, 4) is 5.75 Å². The third-order valence-corrected chi connectivity index (χ3v) is 3.62. The molecule has 1 fully saturated rings. The summed E-state index contributed by atoms with van der Waals surface area (Å²) < 4.78 is 21.2. The Hall–Kier alpha value is -1.18. The maximum Gasteiger partial charge on any atom is 0.186 e. The van der Waals surface area contributed by atoms with Crippen molar-refractivity contribution in [3.05, 3.63) is 29.8 Å². The number of aliphatic hydroxyl groups is 2. The van der Waals surface area contributed by atoms with Gasteiger partial charge in [0.15, 0.2) is 6.29 Å². The van der Waals surface area contributed by atoms with E-state index < -0.39 is 30.7 Å². The largest absolute Gasteiger partial charge is 0.497 e. The van der Waals surface area contributed by atoms with Gasteiger partial charge < -0.3 is 29.2 Å². The summed E-state index contributed by atoms with van der Waals surface area (Å²) >= 11 is 0. The molecular formula is C15H22O6. The van der Waals surface area contributed by atoms with Gasteiger partial charge in [0.25, 0.3) is 0 Å². The Morgan fingerprint density at radius 1 is 1.10 bits per heavy atom. The molecule has 1 aliphatic heterocycles. The molecule has 118 valence electrons. The number of aliphatic hydroxyl groups excluding tert-OH is 2. The first-order valence-corrected chi connectivity index (χ1v) is 6.85. The van der Waals surface area contributed by atoms with Gasteiger partial charge in [-0.15, -0.1) is 0 Å². The van der Waals surface area contributed by atoms with Crippen molar-refractivity contribution in [1.29, 1.82) is 0 Å². The molecule has 0 aromatic heterocycles. The van der Waals surface area contributed by atoms with E-state index in [2.05, 4.69) is 0 Å². The van der Waals surface area contributed by atoms with Crippen molar-refractivity contribution in [2.75, 3.05) is 14.2 Å². The molecule has 0 unspecified atom stereocenters. The molecule has 0 bridgehead atoms. The van der Waals surface area contributed by atoms with E-state index in [1.165, 1.54) is 7.11 Å². The number of ether oxygens (including phenoxy) is 4. The van der Waals surface area contributed by atoms with Crippen LogP contribution in [-0.4, -0.2) is 55.1 Å². The zero-order chi connectivity index (χ0) is 15.4. The average molecular weight is 298 g/mol. The maximum atomic E-state index is 10.1. The lowest BCUT2D eigenvalue weighted by Crippen LogP contribution is -2.58. The third kappa shape index (κ3) is 3.72. The predicted molar refractivity (Wildman–Crippen MR) is 74.9 cm³/mol. The van der Waals surface area contributed by atoms with Crippen LogP contribution in [0.5, 0.6) is 5.75 Å². The van der Waals surface area contributed by atoms with Crippen molar-refractivity contribution in [2.45, 2.75) is 44.2 Å². The minimum atomic E-state index is -1.04. The second-order valence-corrected chi connectivity index (χ2v) is 5.05. The first-order valence-electron chi connectivity index (χ1n) is 6.85. The van der Waals surface area contributed by atoms with Crippen LogP contribution >= 0.6 is 0 Å². The van der Waals surface area contributed by atoms with E-state index in [9.17, 15) is 10.2 Å². The molecule has 1 aromatic carbocycles. The normalized spacial score (nSPS) is 32.9. The summed E-state index contributed by atoms with van der Waals surface area (Å²) in [6.07, 6.45) is -3.99. The Bertz CT molecular complexity index is 434. The molecule has 0 amide bonds. The van der Waals surface area contributed by atoms with E-state index in [0.29, 0.717) is 0 Å². The fraction of sp³-hybridized carbons (Fsp3) is 0.600. The average Bonchev–Trinajstić information content (AvgIpc) is 2.51. The molecule has 1 aliphatic rings. The van der Waals surface area contributed by atoms with Gasteiger partial charge >= 0.3 is 0 Å². The number of hydrogen-bond donors (Lipinski definition) is 2. The molecule has 2 N–H and O–H groups in total. The summed E-state index contributed by atoms with van der Waals surface area (Å²) in [6.45, 7) is 1.98. The smallest absolute Gasteiger partial charge is 0.186 e. The second kappa shape index (κ2) is 7.20. The first kappa shape index (κ1) is 16.2. The molecule has 0 saturated carbocycles. The van der Waals surface area contributed by atoms with Gasteiger partial charge in [-0.3, -0.25) is 0 Å². The molecule has 0 aliphatic carbocycles. The lowest BCUT2D eigenvalue weighted by atomic mass is 9.99. The van der Waals surface area contributed by atoms with Gasteiger partial charge in [0, 0.05) is 7.11 Å². The SMILES string of the molecule is COc1ccc(CO[C@@H]2[C@@H](O)[C@H](C)O[C@H](OC)[C@@H]2O)cc1. The Labute approximate surface area is 124 Å². The van der Waals surface area contributed by atoms with Gasteiger partial charge in [0.2, 0.25) is 0 Å². The summed E-state index contributed by atoms with van der Waals surface area (Å²) in [7, 11) is 3.05. The molecule has 1 heterocycles. The molecule has 6 heteroatoms. The van der Waals surface area contributed by atoms with Gasteiger partial charge in [0.05, 0.1) is 19.8 Å². The van der Waals surface area contributed by atoms with Crippen LogP contribution < -0.4 is 4.74 Å². The van der Waals surface area contributed by atoms with Crippen LogP contribution in [0.1, 0.15) is 12.5 Å². The third-order valence-electron chi connectivity index (χ3n) is 3.62. The highest BCUT2D eigenvalue weighted by Crippen LogP contribution is 2.25. The number of hydrogen-bond acceptors (Lipinski definition) is 6. The van der Waals surface area contributed by atoms with Crippen molar-refractivity contribution in [2.24, 2.45) is 0 Å². The van der Waals surface area contributed by atoms with Crippen LogP contribution in [-0.2, 0) is 20.8 Å². The van der Waals surface area contributed by atoms with Gasteiger partial charge in [-0.1, -0.05) is 12.1 Å². The fourth-order valence-corrected chi connectivity index (χ4v) is 2.30. The quantitative estimate of drug-likeness (QED) is 0.833. The Kier molecular flexibility index (Phi) is 5.55. The van der Waals surface area contributed by atoms with E-state index in [1.807, 2.05) is 24.3 Å². The van der Waals surface area contributed by atoms with Crippen LogP contribution in [0.4, 0.5) is 0 Å². The summed E-state index contributed by atoms with van der Waals surface area (Å²) in [5.74, 6) is 0.762. The van der Waals surface area contributed by atoms with E-state index >= 15 is 0 Å².